The Morgan fingerprint density at radius 1 is 0.556 bits per heavy atom. The van der Waals surface area contributed by atoms with Crippen molar-refractivity contribution in [1.29, 1.82) is 0 Å². The molecular weight excluding hydrogens is 826 g/mol. The van der Waals surface area contributed by atoms with Crippen molar-refractivity contribution in [3.05, 3.63) is 181 Å². The van der Waals surface area contributed by atoms with E-state index in [0.717, 1.165) is 72.5 Å². The molecule has 0 radical (unpaired) electrons. The number of hydrogen-bond donors (Lipinski definition) is 3. The van der Waals surface area contributed by atoms with Crippen LogP contribution < -0.4 is 0 Å². The number of aliphatic carboxylic acids is 1. The van der Waals surface area contributed by atoms with Crippen molar-refractivity contribution in [2.45, 2.75) is 0 Å². The number of aromatic nitrogens is 4. The third kappa shape index (κ3) is 10.7. The Bertz CT molecular complexity index is 2470. The minimum Gasteiger partial charge on any atom is -0.478 e. The van der Waals surface area contributed by atoms with Gasteiger partial charge in [-0.25, -0.2) is 14.8 Å². The molecule has 5 aromatic carbocycles. The van der Waals surface area contributed by atoms with Crippen LogP contribution in [0.25, 0.3) is 64.0 Å². The second kappa shape index (κ2) is 18.3. The first-order chi connectivity index (χ1) is 26.1. The molecule has 0 aliphatic rings. The molecule has 54 heavy (non-hydrogen) atoms. The fourth-order valence-electron chi connectivity index (χ4n) is 5.20. The number of imidazole rings is 2. The molecule has 11 heteroatoms. The van der Waals surface area contributed by atoms with E-state index in [0.29, 0.717) is 20.1 Å². The van der Waals surface area contributed by atoms with Crippen molar-refractivity contribution < 1.29 is 9.90 Å². The quantitative estimate of drug-likeness (QED) is 0.126. The van der Waals surface area contributed by atoms with Crippen molar-refractivity contribution in [1.82, 2.24) is 19.9 Å². The number of halogens is 5. The Morgan fingerprint density at radius 2 is 0.963 bits per heavy atom. The van der Waals surface area contributed by atoms with Gasteiger partial charge in [-0.3, -0.25) is 0 Å². The van der Waals surface area contributed by atoms with E-state index in [2.05, 4.69) is 35.9 Å². The molecule has 0 fully saturated rings. The summed E-state index contributed by atoms with van der Waals surface area (Å²) in [6, 6.07) is 34.7. The normalized spacial score (nSPS) is 11.4. The smallest absolute Gasteiger partial charge is 0.328 e. The molecule has 0 aliphatic heterocycles. The van der Waals surface area contributed by atoms with Crippen LogP contribution in [0.2, 0.25) is 20.1 Å². The maximum Gasteiger partial charge on any atom is 0.328 e. The van der Waals surface area contributed by atoms with Gasteiger partial charge in [-0.15, -0.1) is 0 Å². The van der Waals surface area contributed by atoms with E-state index in [1.165, 1.54) is 0 Å². The van der Waals surface area contributed by atoms with Gasteiger partial charge in [0.05, 0.1) is 33.8 Å². The van der Waals surface area contributed by atoms with Crippen molar-refractivity contribution in [2.75, 3.05) is 0 Å². The molecular formula is C43H29BrCl4N4O2. The number of nitrogens with zero attached hydrogens (tertiary/aromatic N) is 2. The van der Waals surface area contributed by atoms with E-state index in [-0.39, 0.29) is 0 Å². The molecule has 0 atom stereocenters. The standard InChI is InChI=1S/C26H18Cl2N2O2.C17H11BrCl2N2/c27-21-11-12-22(23(28)15-21)24-16-29-25(30-24)13-5-17-1-7-19(8-2-17)20-9-3-18(4-10-20)6-14-26(31)32;18-12-4-1-11(2-5-12)3-8-17-21-10-16(22-17)14-7-6-13(19)9-15(14)20/h1-16H,(H,29,30)(H,31,32);1-10H,(H,21,22)/b13-5+,14-6+;8-3+. The predicted octanol–water partition coefficient (Wildman–Crippen LogP) is 13.6. The molecule has 7 aromatic rings. The molecule has 3 N–H and O–H groups in total. The van der Waals surface area contributed by atoms with Gasteiger partial charge in [-0.1, -0.05) is 135 Å². The van der Waals surface area contributed by atoms with Crippen molar-refractivity contribution in [2.24, 2.45) is 0 Å². The van der Waals surface area contributed by atoms with Crippen LogP contribution >= 0.6 is 62.3 Å². The summed E-state index contributed by atoms with van der Waals surface area (Å²) in [5, 5.41) is 11.1. The number of nitrogens with one attached hydrogen (secondary N) is 2. The van der Waals surface area contributed by atoms with Gasteiger partial charge in [0, 0.05) is 31.7 Å². The highest BCUT2D eigenvalue weighted by Gasteiger charge is 2.08. The van der Waals surface area contributed by atoms with Crippen LogP contribution in [0.15, 0.2) is 132 Å². The van der Waals surface area contributed by atoms with E-state index in [9.17, 15) is 4.79 Å². The van der Waals surface area contributed by atoms with Gasteiger partial charge in [-0.2, -0.15) is 0 Å². The Morgan fingerprint density at radius 3 is 1.37 bits per heavy atom. The fraction of sp³-hybridized carbons (Fsp3) is 0. The largest absolute Gasteiger partial charge is 0.478 e. The zero-order valence-corrected chi connectivity index (χ0v) is 32.8. The first-order valence-corrected chi connectivity index (χ1v) is 18.6. The summed E-state index contributed by atoms with van der Waals surface area (Å²) < 4.78 is 1.06. The van der Waals surface area contributed by atoms with E-state index in [4.69, 9.17) is 51.5 Å². The highest BCUT2D eigenvalue weighted by Crippen LogP contribution is 2.31. The summed E-state index contributed by atoms with van der Waals surface area (Å²) in [7, 11) is 0. The average molecular weight is 855 g/mol. The Balaban J connectivity index is 0.000000197. The van der Waals surface area contributed by atoms with Crippen LogP contribution in [0.3, 0.4) is 0 Å². The Kier molecular flexibility index (Phi) is 13.0. The second-order valence-corrected chi connectivity index (χ2v) is 14.3. The summed E-state index contributed by atoms with van der Waals surface area (Å²) in [5.74, 6) is 0.529. The molecule has 0 aliphatic carbocycles. The molecule has 2 heterocycles. The minimum atomic E-state index is -0.961. The van der Waals surface area contributed by atoms with Crippen LogP contribution in [0, 0.1) is 0 Å². The van der Waals surface area contributed by atoms with Crippen LogP contribution in [0.4, 0.5) is 0 Å². The number of H-pyrrole nitrogens is 2. The highest BCUT2D eigenvalue weighted by atomic mass is 79.9. The lowest BCUT2D eigenvalue weighted by Gasteiger charge is -2.03. The van der Waals surface area contributed by atoms with Crippen molar-refractivity contribution in [3.8, 4) is 33.6 Å². The monoisotopic (exact) mass is 852 g/mol. The number of carbonyl (C=O) groups is 1. The maximum atomic E-state index is 10.6. The molecule has 0 amide bonds. The summed E-state index contributed by atoms with van der Waals surface area (Å²) in [5.41, 5.74) is 8.52. The van der Waals surface area contributed by atoms with Crippen molar-refractivity contribution in [3.63, 3.8) is 0 Å². The average Bonchev–Trinajstić information content (AvgIpc) is 3.84. The van der Waals surface area contributed by atoms with Gasteiger partial charge in [-0.05, 0) is 94.6 Å². The number of benzene rings is 5. The van der Waals surface area contributed by atoms with Crippen LogP contribution in [-0.2, 0) is 4.79 Å². The molecule has 2 aromatic heterocycles. The first-order valence-electron chi connectivity index (χ1n) is 16.3. The van der Waals surface area contributed by atoms with Crippen LogP contribution in [0.1, 0.15) is 28.3 Å². The van der Waals surface area contributed by atoms with Crippen LogP contribution in [0.5, 0.6) is 0 Å². The molecule has 7 rings (SSSR count). The SMILES string of the molecule is Clc1ccc(-c2cnc(/C=C/c3ccc(Br)cc3)[nH]2)c(Cl)c1.O=C(O)/C=C/c1ccc(-c2ccc(/C=C/c3ncc(-c4ccc(Cl)cc4Cl)[nH]3)cc2)cc1. The third-order valence-electron chi connectivity index (χ3n) is 7.94. The lowest BCUT2D eigenvalue weighted by Crippen LogP contribution is -1.85. The lowest BCUT2D eigenvalue weighted by atomic mass is 10.0. The molecule has 0 saturated heterocycles. The number of rotatable bonds is 9. The van der Waals surface area contributed by atoms with Gasteiger partial charge in [0.25, 0.3) is 0 Å². The number of hydrogen-bond acceptors (Lipinski definition) is 3. The van der Waals surface area contributed by atoms with Gasteiger partial charge >= 0.3 is 5.97 Å². The molecule has 0 unspecified atom stereocenters. The summed E-state index contributed by atoms with van der Waals surface area (Å²) in [6.45, 7) is 0. The number of carboxylic acids is 1. The highest BCUT2D eigenvalue weighted by molar-refractivity contribution is 9.10. The van der Waals surface area contributed by atoms with Crippen molar-refractivity contribution >= 4 is 98.7 Å². The first kappa shape index (κ1) is 38.6. The van der Waals surface area contributed by atoms with Gasteiger partial charge < -0.3 is 15.1 Å². The number of aromatic amines is 2. The van der Waals surface area contributed by atoms with Gasteiger partial charge in [0.1, 0.15) is 11.6 Å². The number of carboxylic acid groups (broad SMARTS) is 1. The molecule has 268 valence electrons. The molecule has 0 bridgehead atoms. The second-order valence-electron chi connectivity index (χ2n) is 11.7. The minimum absolute atomic E-state index is 0.568. The summed E-state index contributed by atoms with van der Waals surface area (Å²) in [6.07, 6.45) is 14.0. The lowest BCUT2D eigenvalue weighted by molar-refractivity contribution is -0.131. The Hall–Kier alpha value is -5.15. The molecule has 6 nitrogen and oxygen atoms in total. The van der Waals surface area contributed by atoms with E-state index >= 15 is 0 Å². The molecule has 0 saturated carbocycles. The zero-order valence-electron chi connectivity index (χ0n) is 28.2. The van der Waals surface area contributed by atoms with E-state index in [1.54, 1.807) is 42.7 Å². The third-order valence-corrected chi connectivity index (χ3v) is 9.57. The molecule has 0 spiro atoms. The van der Waals surface area contributed by atoms with E-state index in [1.807, 2.05) is 109 Å². The van der Waals surface area contributed by atoms with Gasteiger partial charge in [0.2, 0.25) is 0 Å². The Labute approximate surface area is 340 Å². The summed E-state index contributed by atoms with van der Waals surface area (Å²) >= 11 is 27.8. The van der Waals surface area contributed by atoms with E-state index < -0.39 is 5.97 Å². The predicted molar refractivity (Wildman–Crippen MR) is 229 cm³/mol. The topological polar surface area (TPSA) is 94.7 Å². The fourth-order valence-corrected chi connectivity index (χ4v) is 6.48. The van der Waals surface area contributed by atoms with Crippen LogP contribution in [-0.4, -0.2) is 31.0 Å². The summed E-state index contributed by atoms with van der Waals surface area (Å²) in [4.78, 5) is 25.8. The zero-order chi connectivity index (χ0) is 38.0. The van der Waals surface area contributed by atoms with Gasteiger partial charge in [0.15, 0.2) is 0 Å². The maximum absolute atomic E-state index is 10.6.